The first-order valence-electron chi connectivity index (χ1n) is 5.71. The molecule has 1 aromatic heterocycles. The number of nitrogens with two attached hydrogens (primary N) is 1. The Hall–Kier alpha value is -1.88. The van der Waals surface area contributed by atoms with Crippen LogP contribution in [0.15, 0.2) is 18.2 Å². The van der Waals surface area contributed by atoms with Gasteiger partial charge in [-0.3, -0.25) is 4.79 Å². The van der Waals surface area contributed by atoms with Crippen molar-refractivity contribution in [1.29, 1.82) is 0 Å². The summed E-state index contributed by atoms with van der Waals surface area (Å²) in [6, 6.07) is 5.43. The number of fused-ring (bicyclic) bond motifs is 1. The van der Waals surface area contributed by atoms with Crippen molar-refractivity contribution in [2.75, 3.05) is 13.1 Å². The number of aromatic nitrogens is 2. The molecule has 17 heavy (non-hydrogen) atoms. The number of rotatable bonds is 4. The first-order valence-corrected chi connectivity index (χ1v) is 5.71. The number of H-pyrrole nitrogens is 1. The van der Waals surface area contributed by atoms with Crippen molar-refractivity contribution >= 4 is 16.9 Å². The molecule has 0 aliphatic carbocycles. The second-order valence-electron chi connectivity index (χ2n) is 3.81. The molecule has 0 aliphatic rings. The van der Waals surface area contributed by atoms with Crippen molar-refractivity contribution in [3.8, 4) is 0 Å². The summed E-state index contributed by atoms with van der Waals surface area (Å²) in [7, 11) is 0. The molecule has 0 radical (unpaired) electrons. The number of benzene rings is 1. The van der Waals surface area contributed by atoms with Gasteiger partial charge < -0.3 is 16.0 Å². The average molecular weight is 232 g/mol. The minimum atomic E-state index is -0.106. The van der Waals surface area contributed by atoms with Gasteiger partial charge in [-0.25, -0.2) is 4.98 Å². The quantitative estimate of drug-likeness (QED) is 0.729. The fraction of sp³-hybridized carbons (Fsp3) is 0.333. The van der Waals surface area contributed by atoms with Crippen LogP contribution in [0.3, 0.4) is 0 Å². The Morgan fingerprint density at radius 3 is 3.06 bits per heavy atom. The van der Waals surface area contributed by atoms with Gasteiger partial charge in [-0.2, -0.15) is 0 Å². The minimum absolute atomic E-state index is 0.106. The van der Waals surface area contributed by atoms with Gasteiger partial charge in [0, 0.05) is 25.1 Å². The third-order valence-electron chi connectivity index (χ3n) is 2.56. The van der Waals surface area contributed by atoms with Crippen LogP contribution in [0.1, 0.15) is 23.1 Å². The molecule has 90 valence electrons. The Bertz CT molecular complexity index is 532. The lowest BCUT2D eigenvalue weighted by molar-refractivity contribution is 0.0955. The van der Waals surface area contributed by atoms with E-state index >= 15 is 0 Å². The summed E-state index contributed by atoms with van der Waals surface area (Å²) in [5, 5.41) is 2.74. The molecule has 0 unspecified atom stereocenters. The molecule has 0 bridgehead atoms. The van der Waals surface area contributed by atoms with E-state index in [9.17, 15) is 4.79 Å². The van der Waals surface area contributed by atoms with Crippen molar-refractivity contribution in [2.24, 2.45) is 5.73 Å². The second kappa shape index (κ2) is 4.97. The van der Waals surface area contributed by atoms with E-state index in [1.807, 2.05) is 19.1 Å². The second-order valence-corrected chi connectivity index (χ2v) is 3.81. The molecule has 0 saturated heterocycles. The van der Waals surface area contributed by atoms with E-state index in [2.05, 4.69) is 15.3 Å². The molecular weight excluding hydrogens is 216 g/mol. The van der Waals surface area contributed by atoms with E-state index in [0.717, 1.165) is 23.3 Å². The number of carbonyl (C=O) groups is 1. The molecule has 4 N–H and O–H groups in total. The lowest BCUT2D eigenvalue weighted by Gasteiger charge is -2.02. The minimum Gasteiger partial charge on any atom is -0.351 e. The zero-order valence-corrected chi connectivity index (χ0v) is 9.79. The number of nitrogens with zero attached hydrogens (tertiary/aromatic N) is 1. The van der Waals surface area contributed by atoms with Crippen molar-refractivity contribution < 1.29 is 4.79 Å². The topological polar surface area (TPSA) is 83.8 Å². The van der Waals surface area contributed by atoms with Crippen LogP contribution in [0.2, 0.25) is 0 Å². The molecule has 1 heterocycles. The summed E-state index contributed by atoms with van der Waals surface area (Å²) in [5.41, 5.74) is 7.74. The molecule has 1 aromatic carbocycles. The Balaban J connectivity index is 2.27. The van der Waals surface area contributed by atoms with Crippen molar-refractivity contribution in [1.82, 2.24) is 15.3 Å². The predicted octanol–water partition coefficient (Wildman–Crippen LogP) is 0.814. The van der Waals surface area contributed by atoms with Crippen LogP contribution in [0.5, 0.6) is 0 Å². The fourth-order valence-electron chi connectivity index (χ4n) is 1.66. The number of imidazole rings is 1. The molecule has 0 fully saturated rings. The van der Waals surface area contributed by atoms with Gasteiger partial charge >= 0.3 is 0 Å². The lowest BCUT2D eigenvalue weighted by Crippen LogP contribution is -2.28. The Morgan fingerprint density at radius 2 is 2.35 bits per heavy atom. The van der Waals surface area contributed by atoms with Gasteiger partial charge in [-0.15, -0.1) is 0 Å². The highest BCUT2D eigenvalue weighted by Gasteiger charge is 2.07. The Morgan fingerprint density at radius 1 is 1.53 bits per heavy atom. The first-order chi connectivity index (χ1) is 8.24. The van der Waals surface area contributed by atoms with Crippen molar-refractivity contribution in [3.05, 3.63) is 29.6 Å². The molecule has 2 rings (SSSR count). The van der Waals surface area contributed by atoms with Gasteiger partial charge in [0.25, 0.3) is 5.91 Å². The zero-order chi connectivity index (χ0) is 12.3. The standard InChI is InChI=1S/C12H16N4O/c1-2-11-15-9-4-3-8(7-10(9)16-11)12(17)14-6-5-13/h3-4,7H,2,5-6,13H2,1H3,(H,14,17)(H,15,16). The van der Waals surface area contributed by atoms with Crippen LogP contribution in [0.4, 0.5) is 0 Å². The van der Waals surface area contributed by atoms with Gasteiger partial charge in [0.15, 0.2) is 0 Å². The molecule has 0 atom stereocenters. The highest BCUT2D eigenvalue weighted by Crippen LogP contribution is 2.14. The largest absolute Gasteiger partial charge is 0.351 e. The molecule has 5 heteroatoms. The smallest absolute Gasteiger partial charge is 0.251 e. The van der Waals surface area contributed by atoms with E-state index < -0.39 is 0 Å². The number of aryl methyl sites for hydroxylation is 1. The maximum absolute atomic E-state index is 11.7. The monoisotopic (exact) mass is 232 g/mol. The molecule has 0 saturated carbocycles. The number of hydrogen-bond acceptors (Lipinski definition) is 3. The van der Waals surface area contributed by atoms with Crippen molar-refractivity contribution in [3.63, 3.8) is 0 Å². The van der Waals surface area contributed by atoms with E-state index in [1.165, 1.54) is 0 Å². The van der Waals surface area contributed by atoms with Crippen LogP contribution in [-0.2, 0) is 6.42 Å². The number of nitrogens with one attached hydrogen (secondary N) is 2. The maximum atomic E-state index is 11.7. The van der Waals surface area contributed by atoms with Gasteiger partial charge in [0.1, 0.15) is 5.82 Å². The summed E-state index contributed by atoms with van der Waals surface area (Å²) in [4.78, 5) is 19.3. The molecule has 1 amide bonds. The van der Waals surface area contributed by atoms with E-state index in [-0.39, 0.29) is 5.91 Å². The van der Waals surface area contributed by atoms with E-state index in [1.54, 1.807) is 6.07 Å². The fourth-order valence-corrected chi connectivity index (χ4v) is 1.66. The Labute approximate surface area is 99.4 Å². The number of amides is 1. The van der Waals surface area contributed by atoms with E-state index in [0.29, 0.717) is 18.7 Å². The number of carbonyl (C=O) groups excluding carboxylic acids is 1. The SMILES string of the molecule is CCc1nc2ccc(C(=O)NCCN)cc2[nH]1. The highest BCUT2D eigenvalue weighted by atomic mass is 16.1. The van der Waals surface area contributed by atoms with Crippen molar-refractivity contribution in [2.45, 2.75) is 13.3 Å². The van der Waals surface area contributed by atoms with Crippen LogP contribution in [-0.4, -0.2) is 29.0 Å². The zero-order valence-electron chi connectivity index (χ0n) is 9.79. The summed E-state index contributed by atoms with van der Waals surface area (Å²) in [6.45, 7) is 2.96. The third-order valence-corrected chi connectivity index (χ3v) is 2.56. The normalized spacial score (nSPS) is 10.7. The molecular formula is C12H16N4O. The third kappa shape index (κ3) is 2.45. The summed E-state index contributed by atoms with van der Waals surface area (Å²) in [6.07, 6.45) is 0.851. The molecule has 5 nitrogen and oxygen atoms in total. The van der Waals surface area contributed by atoms with Gasteiger partial charge in [-0.05, 0) is 18.2 Å². The number of hydrogen-bond donors (Lipinski definition) is 3. The van der Waals surface area contributed by atoms with E-state index in [4.69, 9.17) is 5.73 Å². The maximum Gasteiger partial charge on any atom is 0.251 e. The molecule has 2 aromatic rings. The first kappa shape index (κ1) is 11.6. The Kier molecular flexibility index (Phi) is 3.39. The van der Waals surface area contributed by atoms with Crippen LogP contribution >= 0.6 is 0 Å². The number of aromatic amines is 1. The lowest BCUT2D eigenvalue weighted by atomic mass is 10.2. The van der Waals surface area contributed by atoms with Crippen LogP contribution in [0, 0.1) is 0 Å². The van der Waals surface area contributed by atoms with Crippen LogP contribution in [0.25, 0.3) is 11.0 Å². The van der Waals surface area contributed by atoms with Gasteiger partial charge in [-0.1, -0.05) is 6.92 Å². The molecule has 0 aliphatic heterocycles. The predicted molar refractivity (Wildman–Crippen MR) is 66.9 cm³/mol. The van der Waals surface area contributed by atoms with Crippen LogP contribution < -0.4 is 11.1 Å². The summed E-state index contributed by atoms with van der Waals surface area (Å²) >= 11 is 0. The highest BCUT2D eigenvalue weighted by molar-refractivity contribution is 5.97. The summed E-state index contributed by atoms with van der Waals surface area (Å²) < 4.78 is 0. The van der Waals surface area contributed by atoms with Gasteiger partial charge in [0.2, 0.25) is 0 Å². The van der Waals surface area contributed by atoms with Gasteiger partial charge in [0.05, 0.1) is 11.0 Å². The summed E-state index contributed by atoms with van der Waals surface area (Å²) in [5.74, 6) is 0.824. The molecule has 0 spiro atoms. The average Bonchev–Trinajstić information content (AvgIpc) is 2.77.